The number of aryl methyl sites for hydroxylation is 1. The fraction of sp³-hybridized carbons (Fsp3) is 0.278. The van der Waals surface area contributed by atoms with E-state index in [-0.39, 0.29) is 35.1 Å². The number of ketones is 1. The largest absolute Gasteiger partial charge is 0.507 e. The van der Waals surface area contributed by atoms with Crippen molar-refractivity contribution < 1.29 is 14.6 Å². The Bertz CT molecular complexity index is 878. The smallest absolute Gasteiger partial charge is 0.268 e. The van der Waals surface area contributed by atoms with Crippen LogP contribution in [0.2, 0.25) is 0 Å². The Morgan fingerprint density at radius 2 is 2.12 bits per heavy atom. The van der Waals surface area contributed by atoms with E-state index in [1.54, 1.807) is 26.0 Å². The summed E-state index contributed by atoms with van der Waals surface area (Å²) in [4.78, 5) is 25.0. The molecule has 0 amide bonds. The van der Waals surface area contributed by atoms with Gasteiger partial charge in [-0.3, -0.25) is 9.59 Å². The van der Waals surface area contributed by atoms with Crippen molar-refractivity contribution in [2.75, 3.05) is 13.7 Å². The normalized spacial score (nSPS) is 11.8. The number of methoxy groups -OCH3 is 1. The molecule has 0 fully saturated rings. The molecule has 0 saturated carbocycles. The molecular formula is C18H18N2O4. The standard InChI is InChI=1S/C18H18N2O4/c1-11-4-5-16(21)15(6-11)17(22)14-7-13(8-19)18(23)20(9-14)12(2)10-24-3/h4-7,9,12,21H,10H2,1-3H3. The van der Waals surface area contributed by atoms with E-state index in [9.17, 15) is 20.0 Å². The van der Waals surface area contributed by atoms with E-state index in [0.29, 0.717) is 0 Å². The van der Waals surface area contributed by atoms with Gasteiger partial charge in [-0.25, -0.2) is 0 Å². The topological polar surface area (TPSA) is 92.3 Å². The van der Waals surface area contributed by atoms with E-state index >= 15 is 0 Å². The Morgan fingerprint density at radius 3 is 2.75 bits per heavy atom. The van der Waals surface area contributed by atoms with Crippen LogP contribution in [0.15, 0.2) is 35.3 Å². The predicted octanol–water partition coefficient (Wildman–Crippen LogP) is 2.17. The molecule has 124 valence electrons. The van der Waals surface area contributed by atoms with Crippen LogP contribution in [-0.4, -0.2) is 29.2 Å². The number of carbonyl (C=O) groups excluding carboxylic acids is 1. The van der Waals surface area contributed by atoms with Gasteiger partial charge in [0.1, 0.15) is 17.4 Å². The molecule has 6 nitrogen and oxygen atoms in total. The van der Waals surface area contributed by atoms with Crippen molar-refractivity contribution in [2.45, 2.75) is 19.9 Å². The molecule has 2 aromatic rings. The number of phenols is 1. The van der Waals surface area contributed by atoms with E-state index in [4.69, 9.17) is 4.74 Å². The van der Waals surface area contributed by atoms with Crippen molar-refractivity contribution >= 4 is 5.78 Å². The first-order valence-corrected chi connectivity index (χ1v) is 7.38. The molecule has 0 aliphatic carbocycles. The van der Waals surface area contributed by atoms with Gasteiger partial charge < -0.3 is 14.4 Å². The van der Waals surface area contributed by atoms with Crippen LogP contribution in [0.4, 0.5) is 0 Å². The Labute approximate surface area is 139 Å². The molecule has 0 radical (unpaired) electrons. The average Bonchev–Trinajstić information content (AvgIpc) is 2.56. The third-order valence-corrected chi connectivity index (χ3v) is 3.70. The van der Waals surface area contributed by atoms with Crippen molar-refractivity contribution in [3.63, 3.8) is 0 Å². The van der Waals surface area contributed by atoms with Gasteiger partial charge in [-0.05, 0) is 32.0 Å². The zero-order valence-electron chi connectivity index (χ0n) is 13.7. The van der Waals surface area contributed by atoms with Gasteiger partial charge in [0.25, 0.3) is 5.56 Å². The maximum atomic E-state index is 12.7. The van der Waals surface area contributed by atoms with Crippen molar-refractivity contribution in [3.8, 4) is 11.8 Å². The van der Waals surface area contributed by atoms with Crippen molar-refractivity contribution in [1.29, 1.82) is 5.26 Å². The molecular weight excluding hydrogens is 308 g/mol. The van der Waals surface area contributed by atoms with Crippen molar-refractivity contribution in [3.05, 3.63) is 63.1 Å². The summed E-state index contributed by atoms with van der Waals surface area (Å²) < 4.78 is 6.35. The number of aromatic nitrogens is 1. The first-order chi connectivity index (χ1) is 11.4. The average molecular weight is 326 g/mol. The van der Waals surface area contributed by atoms with Crippen LogP contribution in [0, 0.1) is 18.3 Å². The highest BCUT2D eigenvalue weighted by Gasteiger charge is 2.19. The van der Waals surface area contributed by atoms with Crippen molar-refractivity contribution in [2.24, 2.45) is 0 Å². The van der Waals surface area contributed by atoms with Gasteiger partial charge in [-0.2, -0.15) is 5.26 Å². The summed E-state index contributed by atoms with van der Waals surface area (Å²) in [6, 6.07) is 7.43. The Morgan fingerprint density at radius 1 is 1.42 bits per heavy atom. The Balaban J connectivity index is 2.60. The fourth-order valence-electron chi connectivity index (χ4n) is 2.44. The number of rotatable bonds is 5. The van der Waals surface area contributed by atoms with Gasteiger partial charge in [0.2, 0.25) is 0 Å². The SMILES string of the molecule is COCC(C)n1cc(C(=O)c2cc(C)ccc2O)cc(C#N)c1=O. The molecule has 0 aliphatic rings. The number of nitriles is 1. The van der Waals surface area contributed by atoms with E-state index in [2.05, 4.69) is 0 Å². The number of hydrogen-bond donors (Lipinski definition) is 1. The molecule has 1 heterocycles. The summed E-state index contributed by atoms with van der Waals surface area (Å²) in [7, 11) is 1.51. The minimum absolute atomic E-state index is 0.128. The summed E-state index contributed by atoms with van der Waals surface area (Å²) >= 11 is 0. The van der Waals surface area contributed by atoms with Crippen LogP contribution >= 0.6 is 0 Å². The van der Waals surface area contributed by atoms with Gasteiger partial charge in [0.15, 0.2) is 5.78 Å². The maximum Gasteiger partial charge on any atom is 0.268 e. The lowest BCUT2D eigenvalue weighted by Gasteiger charge is -2.16. The van der Waals surface area contributed by atoms with Gasteiger partial charge in [-0.1, -0.05) is 11.6 Å². The number of aromatic hydroxyl groups is 1. The molecule has 24 heavy (non-hydrogen) atoms. The molecule has 0 aliphatic heterocycles. The van der Waals surface area contributed by atoms with Gasteiger partial charge in [-0.15, -0.1) is 0 Å². The lowest BCUT2D eigenvalue weighted by molar-refractivity contribution is 0.103. The van der Waals surface area contributed by atoms with Gasteiger partial charge >= 0.3 is 0 Å². The molecule has 1 atom stereocenters. The summed E-state index contributed by atoms with van der Waals surface area (Å²) in [5.74, 6) is -0.599. The third-order valence-electron chi connectivity index (χ3n) is 3.70. The van der Waals surface area contributed by atoms with Gasteiger partial charge in [0.05, 0.1) is 18.2 Å². The molecule has 0 saturated heterocycles. The Kier molecular flexibility index (Phi) is 5.17. The molecule has 1 aromatic carbocycles. The van der Waals surface area contributed by atoms with Crippen LogP contribution in [0.1, 0.15) is 40.0 Å². The second-order valence-corrected chi connectivity index (χ2v) is 5.62. The molecule has 1 unspecified atom stereocenters. The summed E-state index contributed by atoms with van der Waals surface area (Å²) in [6.45, 7) is 3.82. The van der Waals surface area contributed by atoms with Crippen LogP contribution < -0.4 is 5.56 Å². The number of carbonyl (C=O) groups is 1. The minimum Gasteiger partial charge on any atom is -0.507 e. The number of benzene rings is 1. The first-order valence-electron chi connectivity index (χ1n) is 7.38. The molecule has 2 rings (SSSR count). The molecule has 1 aromatic heterocycles. The summed E-state index contributed by atoms with van der Waals surface area (Å²) in [5, 5.41) is 19.1. The van der Waals surface area contributed by atoms with Crippen LogP contribution in [0.5, 0.6) is 5.75 Å². The van der Waals surface area contributed by atoms with E-state index in [1.165, 1.54) is 30.0 Å². The van der Waals surface area contributed by atoms with Crippen molar-refractivity contribution in [1.82, 2.24) is 4.57 Å². The monoisotopic (exact) mass is 326 g/mol. The predicted molar refractivity (Wildman–Crippen MR) is 88.3 cm³/mol. The molecule has 1 N–H and O–H groups in total. The Hall–Kier alpha value is -2.91. The maximum absolute atomic E-state index is 12.7. The number of hydrogen-bond acceptors (Lipinski definition) is 5. The second kappa shape index (κ2) is 7.11. The summed E-state index contributed by atoms with van der Waals surface area (Å²) in [5.41, 5.74) is 0.499. The van der Waals surface area contributed by atoms with Crippen LogP contribution in [0.3, 0.4) is 0 Å². The zero-order valence-corrected chi connectivity index (χ0v) is 13.7. The minimum atomic E-state index is -0.480. The fourth-order valence-corrected chi connectivity index (χ4v) is 2.44. The highest BCUT2D eigenvalue weighted by atomic mass is 16.5. The third kappa shape index (κ3) is 3.36. The highest BCUT2D eigenvalue weighted by molar-refractivity contribution is 6.10. The summed E-state index contributed by atoms with van der Waals surface area (Å²) in [6.07, 6.45) is 1.40. The molecule has 6 heteroatoms. The van der Waals surface area contributed by atoms with E-state index in [1.807, 2.05) is 6.07 Å². The number of pyridine rings is 1. The van der Waals surface area contributed by atoms with Crippen LogP contribution in [-0.2, 0) is 4.74 Å². The first kappa shape index (κ1) is 17.4. The second-order valence-electron chi connectivity index (χ2n) is 5.62. The lowest BCUT2D eigenvalue weighted by atomic mass is 10.0. The molecule has 0 bridgehead atoms. The molecule has 0 spiro atoms. The highest BCUT2D eigenvalue weighted by Crippen LogP contribution is 2.22. The van der Waals surface area contributed by atoms with E-state index in [0.717, 1.165) is 5.56 Å². The lowest BCUT2D eigenvalue weighted by Crippen LogP contribution is -2.28. The number of phenolic OH excluding ortho intramolecular Hbond substituents is 1. The zero-order chi connectivity index (χ0) is 17.9. The number of ether oxygens (including phenoxy) is 1. The number of nitrogens with zero attached hydrogens (tertiary/aromatic N) is 2. The quantitative estimate of drug-likeness (QED) is 0.850. The van der Waals surface area contributed by atoms with Crippen LogP contribution in [0.25, 0.3) is 0 Å². The van der Waals surface area contributed by atoms with E-state index < -0.39 is 11.3 Å². The van der Waals surface area contributed by atoms with Gasteiger partial charge in [0, 0.05) is 18.9 Å².